The molecule has 0 aromatic carbocycles. The van der Waals surface area contributed by atoms with Crippen molar-refractivity contribution in [3.63, 3.8) is 0 Å². The third-order valence-electron chi connectivity index (χ3n) is 2.18. The summed E-state index contributed by atoms with van der Waals surface area (Å²) in [7, 11) is 2.04. The molecule has 66 valence electrons. The van der Waals surface area contributed by atoms with Crippen molar-refractivity contribution in [2.45, 2.75) is 51.2 Å². The highest BCUT2D eigenvalue weighted by Gasteiger charge is 2.29. The van der Waals surface area contributed by atoms with Crippen LogP contribution in [0.5, 0.6) is 0 Å². The van der Waals surface area contributed by atoms with Gasteiger partial charge in [-0.2, -0.15) is 0 Å². The lowest BCUT2D eigenvalue weighted by atomic mass is 9.85. The van der Waals surface area contributed by atoms with Gasteiger partial charge in [0.25, 0.3) is 0 Å². The Hall–Kier alpha value is -0.0800. The quantitative estimate of drug-likeness (QED) is 0.626. The third kappa shape index (κ3) is 2.80. The van der Waals surface area contributed by atoms with Gasteiger partial charge in [0.2, 0.25) is 0 Å². The molecule has 2 heteroatoms. The molecule has 0 aromatic heterocycles. The third-order valence-corrected chi connectivity index (χ3v) is 2.18. The van der Waals surface area contributed by atoms with Gasteiger partial charge >= 0.3 is 0 Å². The van der Waals surface area contributed by atoms with E-state index in [4.69, 9.17) is 0 Å². The molecule has 0 spiro atoms. The zero-order valence-electron chi connectivity index (χ0n) is 8.07. The van der Waals surface area contributed by atoms with Gasteiger partial charge in [0.15, 0.2) is 0 Å². The molecule has 11 heavy (non-hydrogen) atoms. The molecule has 2 nitrogen and oxygen atoms in total. The summed E-state index contributed by atoms with van der Waals surface area (Å²) in [5, 5.41) is 6.86. The number of hydrogen-bond acceptors (Lipinski definition) is 2. The summed E-state index contributed by atoms with van der Waals surface area (Å²) in [6, 6.07) is 1.50. The Bertz CT molecular complexity index is 120. The predicted molar refractivity (Wildman–Crippen MR) is 48.8 cm³/mol. The van der Waals surface area contributed by atoms with Gasteiger partial charge in [0, 0.05) is 17.6 Å². The van der Waals surface area contributed by atoms with Crippen LogP contribution in [0.2, 0.25) is 0 Å². The molecule has 0 atom stereocenters. The van der Waals surface area contributed by atoms with Crippen LogP contribution < -0.4 is 10.6 Å². The molecule has 0 saturated heterocycles. The number of hydrogen-bond donors (Lipinski definition) is 2. The molecule has 0 aromatic rings. The minimum atomic E-state index is 0.281. The van der Waals surface area contributed by atoms with Crippen LogP contribution in [-0.2, 0) is 0 Å². The van der Waals surface area contributed by atoms with E-state index in [1.54, 1.807) is 0 Å². The van der Waals surface area contributed by atoms with E-state index in [1.165, 1.54) is 12.8 Å². The van der Waals surface area contributed by atoms with Crippen molar-refractivity contribution in [1.82, 2.24) is 10.6 Å². The summed E-state index contributed by atoms with van der Waals surface area (Å²) in [5.41, 5.74) is 0.281. The van der Waals surface area contributed by atoms with Crippen molar-refractivity contribution in [3.05, 3.63) is 0 Å². The van der Waals surface area contributed by atoms with E-state index < -0.39 is 0 Å². The Kier molecular flexibility index (Phi) is 2.55. The molecule has 2 N–H and O–H groups in total. The first-order chi connectivity index (χ1) is 5.01. The molecule has 0 unspecified atom stereocenters. The van der Waals surface area contributed by atoms with Crippen molar-refractivity contribution >= 4 is 0 Å². The van der Waals surface area contributed by atoms with Crippen LogP contribution >= 0.6 is 0 Å². The van der Waals surface area contributed by atoms with E-state index in [1.807, 2.05) is 7.05 Å². The second-order valence-electron chi connectivity index (χ2n) is 4.55. The maximum absolute atomic E-state index is 3.58. The van der Waals surface area contributed by atoms with Crippen LogP contribution in [-0.4, -0.2) is 24.7 Å². The molecular weight excluding hydrogens is 136 g/mol. The summed E-state index contributed by atoms with van der Waals surface area (Å²) in [6.45, 7) is 6.67. The summed E-state index contributed by atoms with van der Waals surface area (Å²) < 4.78 is 0. The molecule has 0 bridgehead atoms. The second kappa shape index (κ2) is 3.11. The highest BCUT2D eigenvalue weighted by Crippen LogP contribution is 2.21. The molecule has 1 aliphatic carbocycles. The molecule has 1 rings (SSSR count). The van der Waals surface area contributed by atoms with Gasteiger partial charge in [0.05, 0.1) is 0 Å². The van der Waals surface area contributed by atoms with Gasteiger partial charge < -0.3 is 10.6 Å². The second-order valence-corrected chi connectivity index (χ2v) is 4.55. The molecule has 0 heterocycles. The first-order valence-corrected chi connectivity index (χ1v) is 4.46. The van der Waals surface area contributed by atoms with Crippen LogP contribution in [0.25, 0.3) is 0 Å². The Morgan fingerprint density at radius 3 is 2.00 bits per heavy atom. The standard InChI is InChI=1S/C9H20N2/c1-9(2,3)11-8-5-7(6-8)10-4/h7-8,10-11H,5-6H2,1-4H3/t7-,8-. The van der Waals surface area contributed by atoms with Crippen LogP contribution in [0.15, 0.2) is 0 Å². The lowest BCUT2D eigenvalue weighted by Gasteiger charge is -2.40. The smallest absolute Gasteiger partial charge is 0.0101 e. The van der Waals surface area contributed by atoms with Crippen molar-refractivity contribution in [2.24, 2.45) is 0 Å². The van der Waals surface area contributed by atoms with Crippen LogP contribution in [0.3, 0.4) is 0 Å². The average Bonchev–Trinajstić information content (AvgIpc) is 1.75. The average molecular weight is 156 g/mol. The van der Waals surface area contributed by atoms with E-state index in [-0.39, 0.29) is 5.54 Å². The van der Waals surface area contributed by atoms with Gasteiger partial charge in [-0.15, -0.1) is 0 Å². The SMILES string of the molecule is CN[C@H]1C[C@H](NC(C)(C)C)C1. The van der Waals surface area contributed by atoms with Gasteiger partial charge in [-0.1, -0.05) is 0 Å². The molecule has 0 aliphatic heterocycles. The molecular formula is C9H20N2. The van der Waals surface area contributed by atoms with Gasteiger partial charge in [-0.3, -0.25) is 0 Å². The van der Waals surface area contributed by atoms with Gasteiger partial charge in [-0.05, 0) is 40.7 Å². The minimum Gasteiger partial charge on any atom is -0.317 e. The largest absolute Gasteiger partial charge is 0.317 e. The van der Waals surface area contributed by atoms with Crippen molar-refractivity contribution in [2.75, 3.05) is 7.05 Å². The fourth-order valence-electron chi connectivity index (χ4n) is 1.58. The first-order valence-electron chi connectivity index (χ1n) is 4.46. The summed E-state index contributed by atoms with van der Waals surface area (Å²) in [4.78, 5) is 0. The van der Waals surface area contributed by atoms with Crippen LogP contribution in [0.1, 0.15) is 33.6 Å². The van der Waals surface area contributed by atoms with E-state index in [9.17, 15) is 0 Å². The van der Waals surface area contributed by atoms with Gasteiger partial charge in [-0.25, -0.2) is 0 Å². The highest BCUT2D eigenvalue weighted by atomic mass is 15.0. The summed E-state index contributed by atoms with van der Waals surface area (Å²) >= 11 is 0. The minimum absolute atomic E-state index is 0.281. The van der Waals surface area contributed by atoms with E-state index in [0.29, 0.717) is 0 Å². The molecule has 1 aliphatic rings. The maximum Gasteiger partial charge on any atom is 0.0101 e. The number of nitrogens with one attached hydrogen (secondary N) is 2. The Balaban J connectivity index is 2.14. The first kappa shape index (κ1) is 9.01. The van der Waals surface area contributed by atoms with E-state index >= 15 is 0 Å². The maximum atomic E-state index is 3.58. The monoisotopic (exact) mass is 156 g/mol. The predicted octanol–water partition coefficient (Wildman–Crippen LogP) is 1.12. The normalized spacial score (nSPS) is 31.6. The molecule has 0 radical (unpaired) electrons. The lowest BCUT2D eigenvalue weighted by Crippen LogP contribution is -2.55. The molecule has 1 fully saturated rings. The van der Waals surface area contributed by atoms with Crippen LogP contribution in [0, 0.1) is 0 Å². The van der Waals surface area contributed by atoms with Crippen molar-refractivity contribution in [3.8, 4) is 0 Å². The zero-order valence-corrected chi connectivity index (χ0v) is 8.07. The topological polar surface area (TPSA) is 24.1 Å². The fourth-order valence-corrected chi connectivity index (χ4v) is 1.58. The Morgan fingerprint density at radius 2 is 1.64 bits per heavy atom. The Morgan fingerprint density at radius 1 is 1.09 bits per heavy atom. The molecule has 1 saturated carbocycles. The summed E-state index contributed by atoms with van der Waals surface area (Å²) in [5.74, 6) is 0. The van der Waals surface area contributed by atoms with Gasteiger partial charge in [0.1, 0.15) is 0 Å². The highest BCUT2D eigenvalue weighted by molar-refractivity contribution is 4.92. The zero-order chi connectivity index (χ0) is 8.48. The molecule has 0 amide bonds. The van der Waals surface area contributed by atoms with E-state index in [0.717, 1.165) is 12.1 Å². The van der Waals surface area contributed by atoms with Crippen molar-refractivity contribution in [1.29, 1.82) is 0 Å². The Labute approximate surface area is 69.8 Å². The van der Waals surface area contributed by atoms with Crippen LogP contribution in [0.4, 0.5) is 0 Å². The number of rotatable bonds is 2. The van der Waals surface area contributed by atoms with E-state index in [2.05, 4.69) is 31.4 Å². The van der Waals surface area contributed by atoms with Crippen molar-refractivity contribution < 1.29 is 0 Å². The lowest BCUT2D eigenvalue weighted by molar-refractivity contribution is 0.215. The summed E-state index contributed by atoms with van der Waals surface area (Å²) in [6.07, 6.45) is 2.57. The fraction of sp³-hybridized carbons (Fsp3) is 1.00.